The van der Waals surface area contributed by atoms with Crippen LogP contribution in [0.5, 0.6) is 0 Å². The number of hydrogen-bond donors (Lipinski definition) is 1. The number of hydrogen-bond acceptors (Lipinski definition) is 5. The van der Waals surface area contributed by atoms with Gasteiger partial charge in [-0.05, 0) is 23.3 Å². The Labute approximate surface area is 121 Å². The smallest absolute Gasteiger partial charge is 0.282 e. The van der Waals surface area contributed by atoms with Crippen LogP contribution in [0, 0.1) is 0 Å². The summed E-state index contributed by atoms with van der Waals surface area (Å²) in [4.78, 5) is 25.0. The van der Waals surface area contributed by atoms with Crippen molar-refractivity contribution >= 4 is 50.2 Å². The highest BCUT2D eigenvalue weighted by molar-refractivity contribution is 6.46. The predicted octanol–water partition coefficient (Wildman–Crippen LogP) is -1.24. The van der Waals surface area contributed by atoms with Gasteiger partial charge in [-0.15, -0.1) is 0 Å². The molecular weight excluding hydrogens is 277 g/mol. The van der Waals surface area contributed by atoms with Crippen LogP contribution in [0.2, 0.25) is 5.02 Å². The zero-order valence-corrected chi connectivity index (χ0v) is 10.7. The van der Waals surface area contributed by atoms with Crippen LogP contribution in [0.25, 0.3) is 0 Å². The number of aliphatic hydroxyl groups is 1. The highest BCUT2D eigenvalue weighted by Crippen LogP contribution is 2.31. The molecule has 0 spiro atoms. The molecule has 0 fully saturated rings. The molecule has 4 radical (unpaired) electrons. The summed E-state index contributed by atoms with van der Waals surface area (Å²) in [7, 11) is 11.1. The maximum Gasteiger partial charge on any atom is 0.282 e. The van der Waals surface area contributed by atoms with Gasteiger partial charge < -0.3 is 5.11 Å². The van der Waals surface area contributed by atoms with Gasteiger partial charge in [0, 0.05) is 6.20 Å². The lowest BCUT2D eigenvalue weighted by Crippen LogP contribution is -2.34. The maximum atomic E-state index is 12.3. The van der Waals surface area contributed by atoms with Crippen LogP contribution < -0.4 is 16.1 Å². The van der Waals surface area contributed by atoms with Gasteiger partial charge in [-0.1, -0.05) is 11.6 Å². The van der Waals surface area contributed by atoms with Crippen molar-refractivity contribution in [3.05, 3.63) is 34.7 Å². The second-order valence-corrected chi connectivity index (χ2v) is 4.55. The molecule has 0 bridgehead atoms. The summed E-state index contributed by atoms with van der Waals surface area (Å²) in [5.41, 5.74) is -0.0869. The molecule has 1 atom stereocenters. The summed E-state index contributed by atoms with van der Waals surface area (Å²) >= 11 is 5.74. The lowest BCUT2D eigenvalue weighted by molar-refractivity contribution is 0.0929. The standard InChI is InChI=1S/C11H5B2ClN4O2/c12-8-9(13)17-7-6(16-8)10(19)18(11(7)20)5-2-1-4(14)3-15-5/h1-3,10,19H. The molecule has 94 valence electrons. The minimum atomic E-state index is -1.32. The number of pyridine rings is 1. The van der Waals surface area contributed by atoms with Crippen molar-refractivity contribution in [2.24, 2.45) is 0 Å². The normalized spacial score (nSPS) is 17.4. The molecule has 2 aromatic heterocycles. The Morgan fingerprint density at radius 3 is 2.60 bits per heavy atom. The van der Waals surface area contributed by atoms with E-state index in [4.69, 9.17) is 27.3 Å². The van der Waals surface area contributed by atoms with E-state index >= 15 is 0 Å². The number of amides is 1. The fourth-order valence-corrected chi connectivity index (χ4v) is 2.01. The SMILES string of the molecule is [B]c1nc2c(nc1[B])C(O)N(c1ccc(Cl)cn1)C2=O. The number of rotatable bonds is 1. The minimum Gasteiger partial charge on any atom is -0.367 e. The van der Waals surface area contributed by atoms with Gasteiger partial charge in [0.25, 0.3) is 5.91 Å². The van der Waals surface area contributed by atoms with Crippen LogP contribution in [0.4, 0.5) is 5.82 Å². The first-order chi connectivity index (χ1) is 9.49. The summed E-state index contributed by atoms with van der Waals surface area (Å²) in [5, 5.41) is 10.6. The summed E-state index contributed by atoms with van der Waals surface area (Å²) < 4.78 is 0. The molecule has 0 aromatic carbocycles. The Morgan fingerprint density at radius 1 is 1.25 bits per heavy atom. The van der Waals surface area contributed by atoms with Gasteiger partial charge in [-0.2, -0.15) is 0 Å². The number of carbonyl (C=O) groups excluding carboxylic acids is 1. The molecule has 1 amide bonds. The van der Waals surface area contributed by atoms with Gasteiger partial charge >= 0.3 is 0 Å². The molecule has 6 nitrogen and oxygen atoms in total. The molecule has 0 aliphatic carbocycles. The van der Waals surface area contributed by atoms with Crippen molar-refractivity contribution in [3.8, 4) is 0 Å². The van der Waals surface area contributed by atoms with Crippen molar-refractivity contribution in [2.75, 3.05) is 4.90 Å². The van der Waals surface area contributed by atoms with Crippen LogP contribution in [0.1, 0.15) is 22.4 Å². The van der Waals surface area contributed by atoms with Gasteiger partial charge in [-0.25, -0.2) is 4.98 Å². The van der Waals surface area contributed by atoms with Crippen LogP contribution in [-0.4, -0.2) is 41.7 Å². The summed E-state index contributed by atoms with van der Waals surface area (Å²) in [5.74, 6) is -0.328. The van der Waals surface area contributed by atoms with E-state index in [-0.39, 0.29) is 28.4 Å². The number of anilines is 1. The summed E-state index contributed by atoms with van der Waals surface area (Å²) in [6.45, 7) is 0. The molecule has 1 unspecified atom stereocenters. The van der Waals surface area contributed by atoms with Crippen LogP contribution in [0.15, 0.2) is 18.3 Å². The van der Waals surface area contributed by atoms with E-state index in [0.717, 1.165) is 4.90 Å². The third-order valence-electron chi connectivity index (χ3n) is 2.85. The Morgan fingerprint density at radius 2 is 1.95 bits per heavy atom. The monoisotopic (exact) mass is 282 g/mol. The molecule has 3 heterocycles. The zero-order valence-electron chi connectivity index (χ0n) is 9.99. The van der Waals surface area contributed by atoms with Gasteiger partial charge in [-0.3, -0.25) is 19.7 Å². The summed E-state index contributed by atoms with van der Waals surface area (Å²) in [6.07, 6.45) is 0.0466. The van der Waals surface area contributed by atoms with Crippen molar-refractivity contribution in [2.45, 2.75) is 6.23 Å². The van der Waals surface area contributed by atoms with E-state index in [9.17, 15) is 9.90 Å². The fraction of sp³-hybridized carbons (Fsp3) is 0.0909. The highest BCUT2D eigenvalue weighted by atomic mass is 35.5. The number of aromatic nitrogens is 3. The number of carbonyl (C=O) groups is 1. The molecule has 1 N–H and O–H groups in total. The molecule has 0 saturated heterocycles. The molecule has 20 heavy (non-hydrogen) atoms. The second kappa shape index (κ2) is 4.57. The molecule has 2 aromatic rings. The van der Waals surface area contributed by atoms with E-state index in [1.165, 1.54) is 12.3 Å². The van der Waals surface area contributed by atoms with Gasteiger partial charge in [0.05, 0.1) is 5.02 Å². The third-order valence-corrected chi connectivity index (χ3v) is 3.07. The first-order valence-corrected chi connectivity index (χ1v) is 5.93. The molecule has 3 rings (SSSR count). The highest BCUT2D eigenvalue weighted by Gasteiger charge is 2.40. The molecular formula is C11H5B2ClN4O2. The van der Waals surface area contributed by atoms with E-state index < -0.39 is 12.1 Å². The van der Waals surface area contributed by atoms with E-state index in [1.54, 1.807) is 6.07 Å². The lowest BCUT2D eigenvalue weighted by atomic mass is 9.90. The van der Waals surface area contributed by atoms with Crippen molar-refractivity contribution < 1.29 is 9.90 Å². The largest absolute Gasteiger partial charge is 0.367 e. The van der Waals surface area contributed by atoms with Gasteiger partial charge in [0.2, 0.25) is 0 Å². The first kappa shape index (κ1) is 13.1. The van der Waals surface area contributed by atoms with Crippen LogP contribution in [0.3, 0.4) is 0 Å². The average Bonchev–Trinajstić information content (AvgIpc) is 2.65. The minimum absolute atomic E-state index is 0.0403. The van der Waals surface area contributed by atoms with E-state index in [2.05, 4.69) is 15.0 Å². The summed E-state index contributed by atoms with van der Waals surface area (Å²) in [6, 6.07) is 3.05. The van der Waals surface area contributed by atoms with Gasteiger partial charge in [0.15, 0.2) is 11.9 Å². The maximum absolute atomic E-state index is 12.3. The first-order valence-electron chi connectivity index (χ1n) is 5.55. The number of aliphatic hydroxyl groups excluding tert-OH is 1. The van der Waals surface area contributed by atoms with Crippen molar-refractivity contribution in [3.63, 3.8) is 0 Å². The predicted molar refractivity (Wildman–Crippen MR) is 73.8 cm³/mol. The second-order valence-electron chi connectivity index (χ2n) is 4.11. The third kappa shape index (κ3) is 1.88. The Bertz CT molecular complexity index is 710. The van der Waals surface area contributed by atoms with Crippen LogP contribution in [-0.2, 0) is 0 Å². The number of nitrogens with zero attached hydrogens (tertiary/aromatic N) is 4. The van der Waals surface area contributed by atoms with E-state index in [1.807, 2.05) is 0 Å². The van der Waals surface area contributed by atoms with Gasteiger partial charge in [0.1, 0.15) is 27.2 Å². The Balaban J connectivity index is 2.09. The van der Waals surface area contributed by atoms with Crippen molar-refractivity contribution in [1.82, 2.24) is 15.0 Å². The Hall–Kier alpha value is -1.92. The topological polar surface area (TPSA) is 79.2 Å². The fourth-order valence-electron chi connectivity index (χ4n) is 1.90. The molecule has 0 saturated carbocycles. The molecule has 1 aliphatic rings. The number of fused-ring (bicyclic) bond motifs is 1. The Kier molecular flexibility index (Phi) is 2.99. The van der Waals surface area contributed by atoms with E-state index in [0.29, 0.717) is 5.02 Å². The average molecular weight is 282 g/mol. The van der Waals surface area contributed by atoms with Crippen molar-refractivity contribution in [1.29, 1.82) is 0 Å². The zero-order chi connectivity index (χ0) is 14.4. The van der Waals surface area contributed by atoms with Crippen LogP contribution >= 0.6 is 11.6 Å². The lowest BCUT2D eigenvalue weighted by Gasteiger charge is -2.18. The number of halogens is 1. The molecule has 9 heteroatoms. The molecule has 1 aliphatic heterocycles. The quantitative estimate of drug-likeness (QED) is 0.662.